The molecule has 56 heavy (non-hydrogen) atoms. The molecule has 0 radical (unpaired) electrons. The molecular weight excluding hydrogens is 707 g/mol. The van der Waals surface area contributed by atoms with Gasteiger partial charge in [-0.3, -0.25) is 4.79 Å². The van der Waals surface area contributed by atoms with Gasteiger partial charge in [0.05, 0.1) is 25.4 Å². The lowest BCUT2D eigenvalue weighted by Gasteiger charge is -2.40. The zero-order chi connectivity index (χ0) is 40.9. The number of amides is 1. The Morgan fingerprint density at radius 2 is 1.04 bits per heavy atom. The Morgan fingerprint density at radius 1 is 0.607 bits per heavy atom. The fraction of sp³-hybridized carbons (Fsp3) is 0.894. The van der Waals surface area contributed by atoms with E-state index < -0.39 is 49.5 Å². The molecule has 1 aliphatic heterocycles. The molecule has 1 saturated heterocycles. The Bertz CT molecular complexity index is 930. The monoisotopic (exact) mass is 796 g/mol. The van der Waals surface area contributed by atoms with Crippen molar-refractivity contribution in [2.45, 2.75) is 256 Å². The van der Waals surface area contributed by atoms with E-state index in [1.807, 2.05) is 6.08 Å². The van der Waals surface area contributed by atoms with E-state index in [9.17, 15) is 30.3 Å². The van der Waals surface area contributed by atoms with Gasteiger partial charge in [0, 0.05) is 6.42 Å². The Labute approximate surface area is 343 Å². The average Bonchev–Trinajstić information content (AvgIpc) is 3.20. The Morgan fingerprint density at radius 3 is 1.48 bits per heavy atom. The summed E-state index contributed by atoms with van der Waals surface area (Å²) in [7, 11) is 0. The zero-order valence-corrected chi connectivity index (χ0v) is 36.1. The Hall–Kier alpha value is -1.33. The molecule has 0 bridgehead atoms. The fourth-order valence-electron chi connectivity index (χ4n) is 7.51. The van der Waals surface area contributed by atoms with Gasteiger partial charge >= 0.3 is 0 Å². The highest BCUT2D eigenvalue weighted by atomic mass is 16.7. The normalized spacial score (nSPS) is 21.3. The van der Waals surface area contributed by atoms with Gasteiger partial charge in [-0.1, -0.05) is 212 Å². The van der Waals surface area contributed by atoms with Gasteiger partial charge in [-0.2, -0.15) is 0 Å². The van der Waals surface area contributed by atoms with Crippen molar-refractivity contribution in [3.05, 3.63) is 24.3 Å². The maximum atomic E-state index is 12.9. The average molecular weight is 796 g/mol. The number of ether oxygens (including phenoxy) is 2. The number of aliphatic hydroxyl groups is 5. The van der Waals surface area contributed by atoms with Gasteiger partial charge in [-0.05, 0) is 19.3 Å². The molecule has 2 unspecified atom stereocenters. The Kier molecular flexibility index (Phi) is 35.7. The molecule has 1 fully saturated rings. The minimum atomic E-state index is -1.57. The van der Waals surface area contributed by atoms with E-state index >= 15 is 0 Å². The first-order chi connectivity index (χ1) is 27.3. The van der Waals surface area contributed by atoms with E-state index in [-0.39, 0.29) is 12.5 Å². The third kappa shape index (κ3) is 28.2. The quantitative estimate of drug-likeness (QED) is 0.0266. The highest BCUT2D eigenvalue weighted by molar-refractivity contribution is 5.76. The van der Waals surface area contributed by atoms with E-state index in [0.717, 1.165) is 32.1 Å². The molecule has 0 spiro atoms. The van der Waals surface area contributed by atoms with Crippen LogP contribution in [0.15, 0.2) is 24.3 Å². The molecule has 7 atom stereocenters. The van der Waals surface area contributed by atoms with Crippen molar-refractivity contribution in [3.63, 3.8) is 0 Å². The number of allylic oxidation sites excluding steroid dienone is 3. The summed E-state index contributed by atoms with van der Waals surface area (Å²) in [6.07, 6.45) is 38.2. The molecule has 0 aliphatic carbocycles. The predicted molar refractivity (Wildman–Crippen MR) is 230 cm³/mol. The van der Waals surface area contributed by atoms with E-state index in [2.05, 4.69) is 25.2 Å². The summed E-state index contributed by atoms with van der Waals surface area (Å²) in [6, 6.07) is -0.831. The van der Waals surface area contributed by atoms with Gasteiger partial charge in [0.2, 0.25) is 5.91 Å². The van der Waals surface area contributed by atoms with Gasteiger partial charge < -0.3 is 40.3 Å². The van der Waals surface area contributed by atoms with E-state index in [0.29, 0.717) is 6.42 Å². The number of hydrogen-bond acceptors (Lipinski definition) is 8. The maximum absolute atomic E-state index is 12.9. The van der Waals surface area contributed by atoms with Gasteiger partial charge in [0.15, 0.2) is 6.29 Å². The topological polar surface area (TPSA) is 149 Å². The first-order valence-corrected chi connectivity index (χ1v) is 23.6. The van der Waals surface area contributed by atoms with Crippen LogP contribution in [0.3, 0.4) is 0 Å². The summed E-state index contributed by atoms with van der Waals surface area (Å²) in [4.78, 5) is 12.9. The van der Waals surface area contributed by atoms with Crippen LogP contribution in [0.2, 0.25) is 0 Å². The van der Waals surface area contributed by atoms with Gasteiger partial charge in [-0.25, -0.2) is 0 Å². The van der Waals surface area contributed by atoms with E-state index in [1.54, 1.807) is 12.2 Å². The van der Waals surface area contributed by atoms with Gasteiger partial charge in [0.1, 0.15) is 24.4 Å². The third-order valence-electron chi connectivity index (χ3n) is 11.3. The number of rotatable bonds is 39. The van der Waals surface area contributed by atoms with Gasteiger partial charge in [0.25, 0.3) is 0 Å². The SMILES string of the molecule is CCCCCCCC/C=C/C=C/[C@@H](O)[C@H](CO[C@H]1O[C@@H](CO)[C@H](O)C(O)C1O)NC(=O)CCCCCCCCCCCCCCCCCCCCCCCCC. The summed E-state index contributed by atoms with van der Waals surface area (Å²) in [5.74, 6) is -0.193. The maximum Gasteiger partial charge on any atom is 0.220 e. The summed E-state index contributed by atoms with van der Waals surface area (Å²) >= 11 is 0. The molecule has 9 heteroatoms. The lowest BCUT2D eigenvalue weighted by Crippen LogP contribution is -2.60. The summed E-state index contributed by atoms with van der Waals surface area (Å²) in [6.45, 7) is 3.72. The molecule has 1 amide bonds. The molecule has 0 aromatic heterocycles. The molecule has 1 aliphatic rings. The second kappa shape index (κ2) is 37.9. The Balaban J connectivity index is 2.24. The van der Waals surface area contributed by atoms with Crippen LogP contribution in [0, 0.1) is 0 Å². The molecule has 0 saturated carbocycles. The highest BCUT2D eigenvalue weighted by Crippen LogP contribution is 2.23. The minimum Gasteiger partial charge on any atom is -0.394 e. The molecule has 330 valence electrons. The summed E-state index contributed by atoms with van der Waals surface area (Å²) in [5.41, 5.74) is 0. The molecule has 1 heterocycles. The van der Waals surface area contributed by atoms with Crippen molar-refractivity contribution >= 4 is 5.91 Å². The number of carbonyl (C=O) groups excluding carboxylic acids is 1. The van der Waals surface area contributed by atoms with E-state index in [4.69, 9.17) is 9.47 Å². The van der Waals surface area contributed by atoms with Crippen LogP contribution in [-0.2, 0) is 14.3 Å². The van der Waals surface area contributed by atoms with Crippen LogP contribution < -0.4 is 5.32 Å². The molecule has 0 aromatic carbocycles. The number of hydrogen-bond donors (Lipinski definition) is 6. The second-order valence-corrected chi connectivity index (χ2v) is 16.6. The van der Waals surface area contributed by atoms with Crippen LogP contribution in [-0.4, -0.2) is 87.5 Å². The van der Waals surface area contributed by atoms with Gasteiger partial charge in [-0.15, -0.1) is 0 Å². The van der Waals surface area contributed by atoms with Crippen molar-refractivity contribution in [1.82, 2.24) is 5.32 Å². The molecule has 9 nitrogen and oxygen atoms in total. The lowest BCUT2D eigenvalue weighted by molar-refractivity contribution is -0.302. The standard InChI is InChI=1S/C47H89NO8/c1-3-5-7-9-11-13-15-16-17-18-19-20-21-22-23-24-25-26-27-29-31-33-35-37-43(51)48-40(39-55-47-46(54)45(53)44(52)42(38-49)56-47)41(50)36-34-32-30-28-14-12-10-8-6-4-2/h30,32,34,36,40-42,44-47,49-50,52-54H,3-29,31,33,35,37-39H2,1-2H3,(H,48,51)/b32-30+,36-34+/t40-,41+,42-,44-,45?,46?,47-/m0/s1. The van der Waals surface area contributed by atoms with Crippen molar-refractivity contribution in [3.8, 4) is 0 Å². The van der Waals surface area contributed by atoms with Crippen LogP contribution in [0.4, 0.5) is 0 Å². The minimum absolute atomic E-state index is 0.193. The predicted octanol–water partition coefficient (Wildman–Crippen LogP) is 9.89. The fourth-order valence-corrected chi connectivity index (χ4v) is 7.51. The smallest absolute Gasteiger partial charge is 0.220 e. The van der Waals surface area contributed by atoms with Crippen molar-refractivity contribution in [2.24, 2.45) is 0 Å². The van der Waals surface area contributed by atoms with Crippen LogP contribution in [0.1, 0.15) is 213 Å². The van der Waals surface area contributed by atoms with Crippen LogP contribution in [0.5, 0.6) is 0 Å². The molecule has 1 rings (SSSR count). The molecule has 0 aromatic rings. The zero-order valence-electron chi connectivity index (χ0n) is 36.1. The number of unbranched alkanes of at least 4 members (excludes halogenated alkanes) is 28. The van der Waals surface area contributed by atoms with Crippen molar-refractivity contribution in [1.29, 1.82) is 0 Å². The van der Waals surface area contributed by atoms with E-state index in [1.165, 1.54) is 161 Å². The lowest BCUT2D eigenvalue weighted by atomic mass is 9.99. The highest BCUT2D eigenvalue weighted by Gasteiger charge is 2.44. The number of nitrogens with one attached hydrogen (secondary N) is 1. The molecule has 6 N–H and O–H groups in total. The number of aliphatic hydroxyl groups excluding tert-OH is 5. The number of carbonyl (C=O) groups is 1. The first kappa shape index (κ1) is 52.7. The second-order valence-electron chi connectivity index (χ2n) is 16.6. The summed E-state index contributed by atoms with van der Waals surface area (Å²) in [5, 5.41) is 54.0. The van der Waals surface area contributed by atoms with Crippen LogP contribution >= 0.6 is 0 Å². The van der Waals surface area contributed by atoms with Crippen molar-refractivity contribution in [2.75, 3.05) is 13.2 Å². The van der Waals surface area contributed by atoms with Crippen molar-refractivity contribution < 1.29 is 39.8 Å². The molecular formula is C47H89NO8. The summed E-state index contributed by atoms with van der Waals surface area (Å²) < 4.78 is 11.2. The van der Waals surface area contributed by atoms with Crippen LogP contribution in [0.25, 0.3) is 0 Å². The largest absolute Gasteiger partial charge is 0.394 e. The first-order valence-electron chi connectivity index (χ1n) is 23.6. The third-order valence-corrected chi connectivity index (χ3v) is 11.3.